The molecule has 1 amide bonds. The maximum Gasteiger partial charge on any atom is 0.296 e. The molecule has 1 aromatic heterocycles. The number of carbonyl (C=O) groups is 1. The summed E-state index contributed by atoms with van der Waals surface area (Å²) >= 11 is 0. The maximum atomic E-state index is 13.8. The third-order valence-corrected chi connectivity index (χ3v) is 7.50. The van der Waals surface area contributed by atoms with Gasteiger partial charge in [-0.1, -0.05) is 42.5 Å². The van der Waals surface area contributed by atoms with E-state index >= 15 is 0 Å². The SMILES string of the molecule is COc1cccc(NC(=O)CN(c2c(C)n(C)n(-c3ccccc3)c2=O)S(=O)(=O)c2ccccc2)c1. The smallest absolute Gasteiger partial charge is 0.296 e. The minimum Gasteiger partial charge on any atom is -0.497 e. The van der Waals surface area contributed by atoms with Gasteiger partial charge in [0.25, 0.3) is 15.6 Å². The van der Waals surface area contributed by atoms with Crippen LogP contribution in [0.25, 0.3) is 5.69 Å². The van der Waals surface area contributed by atoms with Crippen LogP contribution in [-0.4, -0.2) is 37.3 Å². The highest BCUT2D eigenvalue weighted by Crippen LogP contribution is 2.26. The van der Waals surface area contributed by atoms with E-state index in [1.807, 2.05) is 6.07 Å². The van der Waals surface area contributed by atoms with Crippen LogP contribution in [0, 0.1) is 6.92 Å². The first-order chi connectivity index (χ1) is 17.2. The van der Waals surface area contributed by atoms with Gasteiger partial charge in [0.05, 0.1) is 23.4 Å². The lowest BCUT2D eigenvalue weighted by molar-refractivity contribution is -0.114. The molecule has 0 fully saturated rings. The van der Waals surface area contributed by atoms with Crippen molar-refractivity contribution in [3.63, 3.8) is 0 Å². The summed E-state index contributed by atoms with van der Waals surface area (Å²) in [6.07, 6.45) is 0. The number of hydrogen-bond acceptors (Lipinski definition) is 5. The topological polar surface area (TPSA) is 103 Å². The minimum atomic E-state index is -4.26. The second kappa shape index (κ2) is 10.1. The fourth-order valence-corrected chi connectivity index (χ4v) is 5.37. The molecular formula is C26H26N4O5S. The Labute approximate surface area is 209 Å². The van der Waals surface area contributed by atoms with Crippen molar-refractivity contribution in [1.29, 1.82) is 0 Å². The van der Waals surface area contributed by atoms with Gasteiger partial charge in [0.2, 0.25) is 5.91 Å². The second-order valence-corrected chi connectivity index (χ2v) is 9.88. The van der Waals surface area contributed by atoms with E-state index in [1.54, 1.807) is 85.4 Å². The molecule has 0 radical (unpaired) electrons. The number of ether oxygens (including phenoxy) is 1. The van der Waals surface area contributed by atoms with Gasteiger partial charge in [-0.05, 0) is 43.3 Å². The van der Waals surface area contributed by atoms with Crippen molar-refractivity contribution in [2.75, 3.05) is 23.3 Å². The van der Waals surface area contributed by atoms with Crippen LogP contribution in [0.1, 0.15) is 5.69 Å². The molecular weight excluding hydrogens is 480 g/mol. The Morgan fingerprint density at radius 2 is 1.61 bits per heavy atom. The Bertz CT molecular complexity index is 1540. The van der Waals surface area contributed by atoms with Gasteiger partial charge in [-0.2, -0.15) is 0 Å². The predicted octanol–water partition coefficient (Wildman–Crippen LogP) is 3.33. The zero-order valence-corrected chi connectivity index (χ0v) is 20.9. The molecule has 4 aromatic rings. The lowest BCUT2D eigenvalue weighted by Gasteiger charge is -2.23. The third-order valence-electron chi connectivity index (χ3n) is 5.75. The zero-order valence-electron chi connectivity index (χ0n) is 20.1. The molecule has 0 saturated carbocycles. The van der Waals surface area contributed by atoms with Crippen molar-refractivity contribution in [2.45, 2.75) is 11.8 Å². The van der Waals surface area contributed by atoms with Crippen LogP contribution < -0.4 is 19.9 Å². The van der Waals surface area contributed by atoms with Crippen molar-refractivity contribution >= 4 is 27.3 Å². The van der Waals surface area contributed by atoms with Gasteiger partial charge in [-0.25, -0.2) is 17.4 Å². The first-order valence-corrected chi connectivity index (χ1v) is 12.5. The van der Waals surface area contributed by atoms with Gasteiger partial charge < -0.3 is 10.1 Å². The molecule has 0 unspecified atom stereocenters. The molecule has 4 rings (SSSR count). The van der Waals surface area contributed by atoms with E-state index in [1.165, 1.54) is 23.9 Å². The van der Waals surface area contributed by atoms with Crippen molar-refractivity contribution in [2.24, 2.45) is 7.05 Å². The summed E-state index contributed by atoms with van der Waals surface area (Å²) < 4.78 is 36.5. The van der Waals surface area contributed by atoms with E-state index < -0.39 is 28.0 Å². The van der Waals surface area contributed by atoms with Crippen LogP contribution in [0.4, 0.5) is 11.4 Å². The number of carbonyl (C=O) groups excluding carboxylic acids is 1. The molecule has 36 heavy (non-hydrogen) atoms. The lowest BCUT2D eigenvalue weighted by atomic mass is 10.3. The monoisotopic (exact) mass is 506 g/mol. The van der Waals surface area contributed by atoms with Gasteiger partial charge in [0, 0.05) is 18.8 Å². The van der Waals surface area contributed by atoms with E-state index in [2.05, 4.69) is 5.32 Å². The second-order valence-electron chi connectivity index (χ2n) is 8.01. The number of benzene rings is 3. The van der Waals surface area contributed by atoms with Gasteiger partial charge in [-0.15, -0.1) is 0 Å². The van der Waals surface area contributed by atoms with E-state index in [-0.39, 0.29) is 10.6 Å². The number of nitrogens with zero attached hydrogens (tertiary/aromatic N) is 3. The summed E-state index contributed by atoms with van der Waals surface area (Å²) in [5, 5.41) is 2.69. The predicted molar refractivity (Wildman–Crippen MR) is 138 cm³/mol. The molecule has 186 valence electrons. The molecule has 3 aromatic carbocycles. The first-order valence-electron chi connectivity index (χ1n) is 11.1. The fourth-order valence-electron chi connectivity index (χ4n) is 3.88. The van der Waals surface area contributed by atoms with Crippen LogP contribution in [-0.2, 0) is 21.9 Å². The fraction of sp³-hybridized carbons (Fsp3) is 0.154. The molecule has 0 aliphatic heterocycles. The number of nitrogens with one attached hydrogen (secondary N) is 1. The summed E-state index contributed by atoms with van der Waals surface area (Å²) in [4.78, 5) is 26.7. The molecule has 0 aliphatic rings. The Morgan fingerprint density at radius 3 is 2.25 bits per heavy atom. The first kappa shape index (κ1) is 24.8. The zero-order chi connectivity index (χ0) is 25.9. The van der Waals surface area contributed by atoms with E-state index in [0.717, 1.165) is 4.31 Å². The van der Waals surface area contributed by atoms with Gasteiger partial charge in [-0.3, -0.25) is 14.3 Å². The number of aromatic nitrogens is 2. The molecule has 1 heterocycles. The largest absolute Gasteiger partial charge is 0.497 e. The Balaban J connectivity index is 1.81. The lowest BCUT2D eigenvalue weighted by Crippen LogP contribution is -2.41. The van der Waals surface area contributed by atoms with Crippen molar-refractivity contribution in [3.8, 4) is 11.4 Å². The number of methoxy groups -OCH3 is 1. The van der Waals surface area contributed by atoms with Crippen LogP contribution in [0.3, 0.4) is 0 Å². The minimum absolute atomic E-state index is 0.0342. The molecule has 0 atom stereocenters. The summed E-state index contributed by atoms with van der Waals surface area (Å²) in [5.74, 6) is -0.0807. The number of sulfonamides is 1. The molecule has 9 nitrogen and oxygen atoms in total. The average molecular weight is 507 g/mol. The molecule has 0 bridgehead atoms. The quantitative estimate of drug-likeness (QED) is 0.395. The maximum absolute atomic E-state index is 13.8. The number of para-hydroxylation sites is 1. The van der Waals surface area contributed by atoms with Gasteiger partial charge in [0.15, 0.2) is 0 Å². The Kier molecular flexibility index (Phi) is 6.98. The number of hydrogen-bond donors (Lipinski definition) is 1. The van der Waals surface area contributed by atoms with Gasteiger partial charge in [0.1, 0.15) is 18.0 Å². The standard InChI is InChI=1S/C26H26N4O5S/c1-19-25(26(32)30(28(19)2)21-12-6-4-7-13-21)29(36(33,34)23-15-8-5-9-16-23)18-24(31)27-20-11-10-14-22(17-20)35-3/h4-17H,18H2,1-3H3,(H,27,31). The van der Waals surface area contributed by atoms with Crippen LogP contribution >= 0.6 is 0 Å². The van der Waals surface area contributed by atoms with E-state index in [9.17, 15) is 18.0 Å². The average Bonchev–Trinajstić information content (AvgIpc) is 3.11. The number of amides is 1. The normalized spacial score (nSPS) is 11.2. The number of rotatable bonds is 8. The summed E-state index contributed by atoms with van der Waals surface area (Å²) in [6, 6.07) is 23.3. The molecule has 1 N–H and O–H groups in total. The Morgan fingerprint density at radius 1 is 0.972 bits per heavy atom. The molecule has 0 aliphatic carbocycles. The summed E-state index contributed by atoms with van der Waals surface area (Å²) in [7, 11) is -1.10. The van der Waals surface area contributed by atoms with Crippen LogP contribution in [0.15, 0.2) is 94.6 Å². The highest BCUT2D eigenvalue weighted by Gasteiger charge is 2.33. The van der Waals surface area contributed by atoms with Crippen molar-refractivity contribution < 1.29 is 17.9 Å². The van der Waals surface area contributed by atoms with Crippen LogP contribution in [0.2, 0.25) is 0 Å². The molecule has 10 heteroatoms. The third kappa shape index (κ3) is 4.76. The summed E-state index contributed by atoms with van der Waals surface area (Å²) in [6.45, 7) is 1.03. The van der Waals surface area contributed by atoms with E-state index in [4.69, 9.17) is 4.74 Å². The van der Waals surface area contributed by atoms with Crippen molar-refractivity contribution in [1.82, 2.24) is 9.36 Å². The molecule has 0 spiro atoms. The molecule has 0 saturated heterocycles. The van der Waals surface area contributed by atoms with Crippen LogP contribution in [0.5, 0.6) is 5.75 Å². The number of anilines is 2. The Hall–Kier alpha value is -4.31. The van der Waals surface area contributed by atoms with E-state index in [0.29, 0.717) is 22.8 Å². The summed E-state index contributed by atoms with van der Waals surface area (Å²) in [5.41, 5.74) is 0.721. The highest BCUT2D eigenvalue weighted by molar-refractivity contribution is 7.92. The van der Waals surface area contributed by atoms with Gasteiger partial charge >= 0.3 is 0 Å². The van der Waals surface area contributed by atoms with Crippen molar-refractivity contribution in [3.05, 3.63) is 101 Å². The highest BCUT2D eigenvalue weighted by atomic mass is 32.2.